The molecule has 2 N–H and O–H groups in total. The van der Waals surface area contributed by atoms with Gasteiger partial charge in [-0.05, 0) is 26.3 Å². The molecule has 0 radical (unpaired) electrons. The highest BCUT2D eigenvalue weighted by atomic mass is 16.2. The first kappa shape index (κ1) is 12.0. The van der Waals surface area contributed by atoms with E-state index in [1.165, 1.54) is 0 Å². The fourth-order valence-corrected chi connectivity index (χ4v) is 2.16. The van der Waals surface area contributed by atoms with E-state index in [2.05, 4.69) is 20.8 Å². The minimum Gasteiger partial charge on any atom is -0.346 e. The first-order valence-electron chi connectivity index (χ1n) is 6.03. The highest BCUT2D eigenvalue weighted by Gasteiger charge is 2.23. The van der Waals surface area contributed by atoms with E-state index in [0.717, 1.165) is 31.8 Å². The third-order valence-corrected chi connectivity index (χ3v) is 3.16. The van der Waals surface area contributed by atoms with Gasteiger partial charge in [0.1, 0.15) is 6.33 Å². The van der Waals surface area contributed by atoms with Crippen molar-refractivity contribution in [2.24, 2.45) is 13.0 Å². The van der Waals surface area contributed by atoms with Crippen molar-refractivity contribution < 1.29 is 4.79 Å². The average Bonchev–Trinajstić information content (AvgIpc) is 2.76. The van der Waals surface area contributed by atoms with E-state index in [9.17, 15) is 4.79 Å². The van der Waals surface area contributed by atoms with Crippen molar-refractivity contribution in [2.45, 2.75) is 25.8 Å². The van der Waals surface area contributed by atoms with Gasteiger partial charge in [-0.1, -0.05) is 0 Å². The number of aryl methyl sites for hydroxylation is 1. The monoisotopic (exact) mass is 237 g/mol. The molecule has 1 aromatic rings. The van der Waals surface area contributed by atoms with Gasteiger partial charge >= 0.3 is 0 Å². The van der Waals surface area contributed by atoms with Gasteiger partial charge < -0.3 is 15.2 Å². The number of piperidine rings is 1. The first-order valence-corrected chi connectivity index (χ1v) is 6.03. The summed E-state index contributed by atoms with van der Waals surface area (Å²) in [6, 6.07) is -0.100. The predicted octanol–water partition coefficient (Wildman–Crippen LogP) is -0.00810. The zero-order valence-corrected chi connectivity index (χ0v) is 10.3. The maximum atomic E-state index is 12.0. The predicted molar refractivity (Wildman–Crippen MR) is 63.2 cm³/mol. The lowest BCUT2D eigenvalue weighted by Crippen LogP contribution is -2.41. The van der Waals surface area contributed by atoms with Crippen molar-refractivity contribution in [1.82, 2.24) is 25.4 Å². The Labute approximate surface area is 101 Å². The number of carbonyl (C=O) groups excluding carboxylic acids is 1. The SMILES string of the molecule is CC(NC(=O)[C@@H]1CCCNC1)c1nncn1C. The molecule has 6 nitrogen and oxygen atoms in total. The summed E-state index contributed by atoms with van der Waals surface area (Å²) in [5.74, 6) is 0.967. The molecule has 1 fully saturated rings. The van der Waals surface area contributed by atoms with Crippen LogP contribution in [0.1, 0.15) is 31.6 Å². The molecule has 1 amide bonds. The van der Waals surface area contributed by atoms with E-state index >= 15 is 0 Å². The number of amides is 1. The Morgan fingerprint density at radius 2 is 2.53 bits per heavy atom. The molecule has 17 heavy (non-hydrogen) atoms. The van der Waals surface area contributed by atoms with Gasteiger partial charge in [0.25, 0.3) is 0 Å². The van der Waals surface area contributed by atoms with E-state index in [1.807, 2.05) is 18.5 Å². The summed E-state index contributed by atoms with van der Waals surface area (Å²) in [5, 5.41) is 14.0. The number of aromatic nitrogens is 3. The third kappa shape index (κ3) is 2.82. The lowest BCUT2D eigenvalue weighted by Gasteiger charge is -2.23. The van der Waals surface area contributed by atoms with Gasteiger partial charge in [0.15, 0.2) is 5.82 Å². The molecule has 6 heteroatoms. The lowest BCUT2D eigenvalue weighted by molar-refractivity contribution is -0.126. The van der Waals surface area contributed by atoms with Crippen molar-refractivity contribution >= 4 is 5.91 Å². The summed E-state index contributed by atoms with van der Waals surface area (Å²) in [5.41, 5.74) is 0. The van der Waals surface area contributed by atoms with Gasteiger partial charge in [-0.2, -0.15) is 0 Å². The van der Waals surface area contributed by atoms with Crippen LogP contribution in [0.25, 0.3) is 0 Å². The maximum Gasteiger partial charge on any atom is 0.224 e. The molecule has 0 aliphatic carbocycles. The molecule has 1 aliphatic heterocycles. The second-order valence-electron chi connectivity index (χ2n) is 4.57. The molecule has 94 valence electrons. The molecule has 1 saturated heterocycles. The van der Waals surface area contributed by atoms with Gasteiger partial charge in [-0.15, -0.1) is 10.2 Å². The molecule has 2 atom stereocenters. The fourth-order valence-electron chi connectivity index (χ4n) is 2.16. The normalized spacial score (nSPS) is 22.1. The standard InChI is InChI=1S/C11H19N5O/c1-8(10-15-13-7-16(10)2)14-11(17)9-4-3-5-12-6-9/h7-9,12H,3-6H2,1-2H3,(H,14,17)/t8?,9-/m1/s1. The zero-order valence-electron chi connectivity index (χ0n) is 10.3. The number of nitrogens with zero attached hydrogens (tertiary/aromatic N) is 3. The van der Waals surface area contributed by atoms with Crippen LogP contribution in [0.4, 0.5) is 0 Å². The fraction of sp³-hybridized carbons (Fsp3) is 0.727. The average molecular weight is 237 g/mol. The number of rotatable bonds is 3. The van der Waals surface area contributed by atoms with Gasteiger partial charge in [-0.3, -0.25) is 4.79 Å². The van der Waals surface area contributed by atoms with E-state index in [4.69, 9.17) is 0 Å². The van der Waals surface area contributed by atoms with Gasteiger partial charge in [0, 0.05) is 13.6 Å². The Bertz CT molecular complexity index is 383. The number of hydrogen-bond acceptors (Lipinski definition) is 4. The molecular formula is C11H19N5O. The molecule has 1 aromatic heterocycles. The van der Waals surface area contributed by atoms with Crippen LogP contribution in [-0.4, -0.2) is 33.8 Å². The molecule has 0 bridgehead atoms. The Morgan fingerprint density at radius 1 is 1.71 bits per heavy atom. The number of hydrogen-bond donors (Lipinski definition) is 2. The quantitative estimate of drug-likeness (QED) is 0.775. The van der Waals surface area contributed by atoms with E-state index in [-0.39, 0.29) is 17.9 Å². The summed E-state index contributed by atoms with van der Waals surface area (Å²) < 4.78 is 1.82. The van der Waals surface area contributed by atoms with Crippen LogP contribution in [0.15, 0.2) is 6.33 Å². The number of nitrogens with one attached hydrogen (secondary N) is 2. The Balaban J connectivity index is 1.92. The largest absolute Gasteiger partial charge is 0.346 e. The highest BCUT2D eigenvalue weighted by Crippen LogP contribution is 2.13. The van der Waals surface area contributed by atoms with Crippen LogP contribution in [0, 0.1) is 5.92 Å². The molecule has 0 saturated carbocycles. The number of carbonyl (C=O) groups is 1. The van der Waals surface area contributed by atoms with Crippen LogP contribution >= 0.6 is 0 Å². The second kappa shape index (κ2) is 5.27. The van der Waals surface area contributed by atoms with Gasteiger partial charge in [-0.25, -0.2) is 0 Å². The smallest absolute Gasteiger partial charge is 0.224 e. The Morgan fingerprint density at radius 3 is 3.12 bits per heavy atom. The summed E-state index contributed by atoms with van der Waals surface area (Å²) >= 11 is 0. The zero-order chi connectivity index (χ0) is 12.3. The maximum absolute atomic E-state index is 12.0. The minimum atomic E-state index is -0.100. The van der Waals surface area contributed by atoms with E-state index < -0.39 is 0 Å². The summed E-state index contributed by atoms with van der Waals surface area (Å²) in [7, 11) is 1.88. The van der Waals surface area contributed by atoms with Crippen molar-refractivity contribution in [1.29, 1.82) is 0 Å². The lowest BCUT2D eigenvalue weighted by atomic mass is 9.98. The van der Waals surface area contributed by atoms with Crippen LogP contribution in [0.5, 0.6) is 0 Å². The Kier molecular flexibility index (Phi) is 3.73. The summed E-state index contributed by atoms with van der Waals surface area (Å²) in [6.07, 6.45) is 3.67. The molecule has 2 rings (SSSR count). The van der Waals surface area contributed by atoms with Crippen molar-refractivity contribution in [3.05, 3.63) is 12.2 Å². The van der Waals surface area contributed by atoms with Crippen molar-refractivity contribution in [3.8, 4) is 0 Å². The van der Waals surface area contributed by atoms with E-state index in [1.54, 1.807) is 6.33 Å². The second-order valence-corrected chi connectivity index (χ2v) is 4.57. The van der Waals surface area contributed by atoms with Gasteiger partial charge in [0.05, 0.1) is 12.0 Å². The topological polar surface area (TPSA) is 71.8 Å². The van der Waals surface area contributed by atoms with E-state index in [0.29, 0.717) is 0 Å². The molecular weight excluding hydrogens is 218 g/mol. The highest BCUT2D eigenvalue weighted by molar-refractivity contribution is 5.79. The van der Waals surface area contributed by atoms with Crippen LogP contribution < -0.4 is 10.6 Å². The van der Waals surface area contributed by atoms with Crippen LogP contribution in [0.2, 0.25) is 0 Å². The minimum absolute atomic E-state index is 0.0828. The summed E-state index contributed by atoms with van der Waals surface area (Å²) in [6.45, 7) is 3.72. The third-order valence-electron chi connectivity index (χ3n) is 3.16. The molecule has 0 spiro atoms. The molecule has 2 heterocycles. The van der Waals surface area contributed by atoms with Crippen LogP contribution in [-0.2, 0) is 11.8 Å². The van der Waals surface area contributed by atoms with Crippen molar-refractivity contribution in [2.75, 3.05) is 13.1 Å². The summed E-state index contributed by atoms with van der Waals surface area (Å²) in [4.78, 5) is 12.0. The first-order chi connectivity index (χ1) is 8.18. The van der Waals surface area contributed by atoms with Crippen LogP contribution in [0.3, 0.4) is 0 Å². The molecule has 1 unspecified atom stereocenters. The van der Waals surface area contributed by atoms with Crippen molar-refractivity contribution in [3.63, 3.8) is 0 Å². The Hall–Kier alpha value is -1.43. The van der Waals surface area contributed by atoms with Gasteiger partial charge in [0.2, 0.25) is 5.91 Å². The molecule has 0 aromatic carbocycles. The molecule has 1 aliphatic rings.